The van der Waals surface area contributed by atoms with Crippen molar-refractivity contribution in [2.24, 2.45) is 5.92 Å². The van der Waals surface area contributed by atoms with Crippen LogP contribution in [0.1, 0.15) is 48.2 Å². The van der Waals surface area contributed by atoms with Gasteiger partial charge in [0.15, 0.2) is 6.29 Å². The smallest absolute Gasteiger partial charge is 0.155 e. The highest BCUT2D eigenvalue weighted by atomic mass is 16.7. The fourth-order valence-electron chi connectivity index (χ4n) is 3.19. The second-order valence-electron chi connectivity index (χ2n) is 6.71. The predicted molar refractivity (Wildman–Crippen MR) is 92.6 cm³/mol. The van der Waals surface area contributed by atoms with Crippen molar-refractivity contribution in [3.05, 3.63) is 40.5 Å². The fourth-order valence-corrected chi connectivity index (χ4v) is 3.19. The van der Waals surface area contributed by atoms with Gasteiger partial charge in [0.25, 0.3) is 0 Å². The van der Waals surface area contributed by atoms with Crippen molar-refractivity contribution in [2.75, 3.05) is 6.61 Å². The van der Waals surface area contributed by atoms with E-state index >= 15 is 0 Å². The van der Waals surface area contributed by atoms with Gasteiger partial charge in [0.1, 0.15) is 5.82 Å². The van der Waals surface area contributed by atoms with E-state index in [0.717, 1.165) is 34.0 Å². The molecule has 24 heavy (non-hydrogen) atoms. The standard InChI is InChI=1S/C19H25N3O2/c1-10-8-20-14(5)22-17(10)18-13(4)16(7-12(3)21-18)19-11(2)9-23-15(6)24-19/h7-8,11,15,19H,9H2,1-6H3. The van der Waals surface area contributed by atoms with E-state index in [9.17, 15) is 0 Å². The average Bonchev–Trinajstić information content (AvgIpc) is 2.54. The largest absolute Gasteiger partial charge is 0.353 e. The van der Waals surface area contributed by atoms with Crippen LogP contribution in [0.5, 0.6) is 0 Å². The molecule has 1 fully saturated rings. The Hall–Kier alpha value is -1.85. The van der Waals surface area contributed by atoms with Crippen molar-refractivity contribution in [2.45, 2.75) is 53.9 Å². The second kappa shape index (κ2) is 6.57. The highest BCUT2D eigenvalue weighted by Crippen LogP contribution is 2.37. The first-order valence-electron chi connectivity index (χ1n) is 8.42. The monoisotopic (exact) mass is 327 g/mol. The molecule has 0 amide bonds. The van der Waals surface area contributed by atoms with Crippen LogP contribution in [-0.2, 0) is 9.47 Å². The molecule has 1 saturated heterocycles. The number of aryl methyl sites for hydroxylation is 3. The van der Waals surface area contributed by atoms with Crippen molar-refractivity contribution in [3.8, 4) is 11.4 Å². The molecule has 3 heterocycles. The van der Waals surface area contributed by atoms with Crippen LogP contribution in [0.15, 0.2) is 12.3 Å². The van der Waals surface area contributed by atoms with Crippen molar-refractivity contribution >= 4 is 0 Å². The van der Waals surface area contributed by atoms with Gasteiger partial charge in [-0.15, -0.1) is 0 Å². The highest BCUT2D eigenvalue weighted by Gasteiger charge is 2.30. The molecule has 5 nitrogen and oxygen atoms in total. The van der Waals surface area contributed by atoms with Gasteiger partial charge in [-0.25, -0.2) is 9.97 Å². The maximum absolute atomic E-state index is 6.08. The topological polar surface area (TPSA) is 57.1 Å². The summed E-state index contributed by atoms with van der Waals surface area (Å²) in [5.74, 6) is 1.05. The molecule has 1 aliphatic rings. The molecule has 2 aromatic heterocycles. The number of nitrogens with zero attached hydrogens (tertiary/aromatic N) is 3. The van der Waals surface area contributed by atoms with E-state index in [1.165, 1.54) is 5.56 Å². The summed E-state index contributed by atoms with van der Waals surface area (Å²) in [6.07, 6.45) is 1.68. The summed E-state index contributed by atoms with van der Waals surface area (Å²) in [7, 11) is 0. The van der Waals surface area contributed by atoms with E-state index in [0.29, 0.717) is 12.5 Å². The molecule has 0 radical (unpaired) electrons. The molecular weight excluding hydrogens is 302 g/mol. The van der Waals surface area contributed by atoms with E-state index in [1.54, 1.807) is 0 Å². The summed E-state index contributed by atoms with van der Waals surface area (Å²) < 4.78 is 11.7. The zero-order valence-electron chi connectivity index (χ0n) is 15.3. The minimum Gasteiger partial charge on any atom is -0.353 e. The predicted octanol–water partition coefficient (Wildman–Crippen LogP) is 3.84. The molecule has 0 aromatic carbocycles. The SMILES string of the molecule is Cc1cc(C2OC(C)OCC2C)c(C)c(-c2nc(C)ncc2C)n1. The lowest BCUT2D eigenvalue weighted by Crippen LogP contribution is -2.32. The van der Waals surface area contributed by atoms with Gasteiger partial charge in [-0.3, -0.25) is 4.98 Å². The number of ether oxygens (including phenoxy) is 2. The summed E-state index contributed by atoms with van der Waals surface area (Å²) in [5, 5.41) is 0. The normalized spacial score (nSPS) is 24.2. The third-order valence-electron chi connectivity index (χ3n) is 4.51. The van der Waals surface area contributed by atoms with Crippen LogP contribution in [0.3, 0.4) is 0 Å². The number of aromatic nitrogens is 3. The van der Waals surface area contributed by atoms with Crippen LogP contribution >= 0.6 is 0 Å². The van der Waals surface area contributed by atoms with Gasteiger partial charge < -0.3 is 9.47 Å². The van der Waals surface area contributed by atoms with E-state index in [2.05, 4.69) is 29.9 Å². The maximum atomic E-state index is 6.08. The minimum absolute atomic E-state index is 0.0115. The third-order valence-corrected chi connectivity index (χ3v) is 4.51. The molecular formula is C19H25N3O2. The Morgan fingerprint density at radius 2 is 1.79 bits per heavy atom. The lowest BCUT2D eigenvalue weighted by Gasteiger charge is -2.34. The summed E-state index contributed by atoms with van der Waals surface area (Å²) in [4.78, 5) is 13.7. The first kappa shape index (κ1) is 17.0. The van der Waals surface area contributed by atoms with Gasteiger partial charge in [-0.05, 0) is 57.4 Å². The fraction of sp³-hybridized carbons (Fsp3) is 0.526. The number of pyridine rings is 1. The first-order chi connectivity index (χ1) is 11.4. The number of hydrogen-bond donors (Lipinski definition) is 0. The molecule has 3 atom stereocenters. The van der Waals surface area contributed by atoms with Crippen LogP contribution in [-0.4, -0.2) is 27.8 Å². The zero-order valence-corrected chi connectivity index (χ0v) is 15.3. The van der Waals surface area contributed by atoms with Crippen LogP contribution in [0.2, 0.25) is 0 Å². The van der Waals surface area contributed by atoms with E-state index in [4.69, 9.17) is 14.5 Å². The zero-order chi connectivity index (χ0) is 17.4. The lowest BCUT2D eigenvalue weighted by atomic mass is 9.91. The van der Waals surface area contributed by atoms with Gasteiger partial charge in [0.05, 0.1) is 24.1 Å². The molecule has 0 N–H and O–H groups in total. The molecule has 5 heteroatoms. The van der Waals surface area contributed by atoms with Gasteiger partial charge in [0.2, 0.25) is 0 Å². The molecule has 0 aliphatic carbocycles. The Morgan fingerprint density at radius 3 is 2.54 bits per heavy atom. The van der Waals surface area contributed by atoms with Crippen LogP contribution in [0.4, 0.5) is 0 Å². The minimum atomic E-state index is -0.189. The van der Waals surface area contributed by atoms with Gasteiger partial charge in [-0.2, -0.15) is 0 Å². The van der Waals surface area contributed by atoms with Gasteiger partial charge in [0, 0.05) is 17.8 Å². The van der Waals surface area contributed by atoms with Crippen molar-refractivity contribution in [1.82, 2.24) is 15.0 Å². The molecule has 3 rings (SSSR count). The van der Waals surface area contributed by atoms with Crippen molar-refractivity contribution in [3.63, 3.8) is 0 Å². The van der Waals surface area contributed by atoms with E-state index in [-0.39, 0.29) is 12.4 Å². The lowest BCUT2D eigenvalue weighted by molar-refractivity contribution is -0.227. The van der Waals surface area contributed by atoms with Gasteiger partial charge in [-0.1, -0.05) is 6.92 Å². The average molecular weight is 327 g/mol. The first-order valence-corrected chi connectivity index (χ1v) is 8.42. The number of hydrogen-bond acceptors (Lipinski definition) is 5. The maximum Gasteiger partial charge on any atom is 0.155 e. The Morgan fingerprint density at radius 1 is 1.04 bits per heavy atom. The molecule has 128 valence electrons. The van der Waals surface area contributed by atoms with Crippen LogP contribution in [0.25, 0.3) is 11.4 Å². The molecule has 0 bridgehead atoms. The summed E-state index contributed by atoms with van der Waals surface area (Å²) in [5.41, 5.74) is 6.11. The van der Waals surface area contributed by atoms with Crippen molar-refractivity contribution in [1.29, 1.82) is 0 Å². The third kappa shape index (κ3) is 3.19. The van der Waals surface area contributed by atoms with Gasteiger partial charge >= 0.3 is 0 Å². The van der Waals surface area contributed by atoms with E-state index < -0.39 is 0 Å². The molecule has 0 spiro atoms. The van der Waals surface area contributed by atoms with Crippen LogP contribution in [0, 0.1) is 33.6 Å². The molecule has 1 aliphatic heterocycles. The molecule has 3 unspecified atom stereocenters. The Bertz CT molecular complexity index is 761. The highest BCUT2D eigenvalue weighted by molar-refractivity contribution is 5.64. The Labute approximate surface area is 143 Å². The van der Waals surface area contributed by atoms with Crippen molar-refractivity contribution < 1.29 is 9.47 Å². The quantitative estimate of drug-likeness (QED) is 0.839. The van der Waals surface area contributed by atoms with Crippen LogP contribution < -0.4 is 0 Å². The Balaban J connectivity index is 2.13. The molecule has 2 aromatic rings. The Kier molecular flexibility index (Phi) is 4.65. The van der Waals surface area contributed by atoms with E-state index in [1.807, 2.05) is 33.9 Å². The summed E-state index contributed by atoms with van der Waals surface area (Å²) in [6, 6.07) is 2.13. The second-order valence-corrected chi connectivity index (χ2v) is 6.71. The number of rotatable bonds is 2. The summed E-state index contributed by atoms with van der Waals surface area (Å²) >= 11 is 0. The summed E-state index contributed by atoms with van der Waals surface area (Å²) in [6.45, 7) is 12.8. The molecule has 0 saturated carbocycles.